The highest BCUT2D eigenvalue weighted by molar-refractivity contribution is 9.09. The molecule has 0 amide bonds. The summed E-state index contributed by atoms with van der Waals surface area (Å²) in [6, 6.07) is 0. The largest absolute Gasteiger partial charge is 0.384 e. The van der Waals surface area contributed by atoms with Crippen molar-refractivity contribution in [1.82, 2.24) is 0 Å². The first-order valence-electron chi connectivity index (χ1n) is 3.23. The molecule has 0 spiro atoms. The van der Waals surface area contributed by atoms with Gasteiger partial charge in [-0.3, -0.25) is 0 Å². The number of ether oxygens (including phenoxy) is 1. The van der Waals surface area contributed by atoms with Gasteiger partial charge < -0.3 is 4.74 Å². The van der Waals surface area contributed by atoms with E-state index in [1.54, 1.807) is 7.11 Å². The lowest BCUT2D eigenvalue weighted by molar-refractivity contribution is 0.106. The van der Waals surface area contributed by atoms with Crippen molar-refractivity contribution in [1.29, 1.82) is 0 Å². The molecule has 0 aromatic heterocycles. The van der Waals surface area contributed by atoms with Gasteiger partial charge in [-0.2, -0.15) is 0 Å². The Morgan fingerprint density at radius 3 is 2.22 bits per heavy atom. The summed E-state index contributed by atoms with van der Waals surface area (Å²) in [4.78, 5) is 0. The van der Waals surface area contributed by atoms with Crippen LogP contribution in [0.25, 0.3) is 0 Å². The Labute approximate surface area is 65.9 Å². The zero-order chi connectivity index (χ0) is 7.33. The van der Waals surface area contributed by atoms with E-state index in [0.717, 1.165) is 18.4 Å². The molecule has 1 unspecified atom stereocenters. The van der Waals surface area contributed by atoms with Crippen LogP contribution >= 0.6 is 15.9 Å². The lowest BCUT2D eigenvalue weighted by atomic mass is 9.92. The van der Waals surface area contributed by atoms with Gasteiger partial charge in [-0.15, -0.1) is 0 Å². The second-order valence-corrected chi connectivity index (χ2v) is 3.29. The number of methoxy groups -OCH3 is 1. The number of hydrogen-bond donors (Lipinski definition) is 0. The van der Waals surface area contributed by atoms with Crippen LogP contribution in [0.1, 0.15) is 20.3 Å². The van der Waals surface area contributed by atoms with Crippen molar-refractivity contribution in [2.24, 2.45) is 5.41 Å². The third-order valence-electron chi connectivity index (χ3n) is 1.67. The van der Waals surface area contributed by atoms with Crippen LogP contribution in [0.3, 0.4) is 0 Å². The fourth-order valence-electron chi connectivity index (χ4n) is 0.584. The molecule has 0 aromatic carbocycles. The summed E-state index contributed by atoms with van der Waals surface area (Å²) in [6.07, 6.45) is 1.16. The van der Waals surface area contributed by atoms with Gasteiger partial charge >= 0.3 is 0 Å². The molecule has 0 aliphatic carbocycles. The predicted octanol–water partition coefficient (Wildman–Crippen LogP) is 2.44. The van der Waals surface area contributed by atoms with Crippen LogP contribution in [-0.2, 0) is 4.74 Å². The maximum atomic E-state index is 5.06. The smallest absolute Gasteiger partial charge is 0.0523 e. The highest BCUT2D eigenvalue weighted by Crippen LogP contribution is 2.23. The van der Waals surface area contributed by atoms with Crippen LogP contribution in [0.4, 0.5) is 0 Å². The minimum Gasteiger partial charge on any atom is -0.384 e. The molecule has 56 valence electrons. The van der Waals surface area contributed by atoms with Crippen molar-refractivity contribution in [3.8, 4) is 0 Å². The van der Waals surface area contributed by atoms with Crippen molar-refractivity contribution in [3.05, 3.63) is 0 Å². The van der Waals surface area contributed by atoms with Gasteiger partial charge in [-0.25, -0.2) is 0 Å². The quantitative estimate of drug-likeness (QED) is 0.626. The minimum atomic E-state index is 0.328. The topological polar surface area (TPSA) is 9.23 Å². The molecule has 1 atom stereocenters. The Bertz CT molecular complexity index is 69.3. The van der Waals surface area contributed by atoms with Gasteiger partial charge in [0.15, 0.2) is 0 Å². The molecule has 0 rings (SSSR count). The van der Waals surface area contributed by atoms with E-state index in [2.05, 4.69) is 29.8 Å². The molecule has 9 heavy (non-hydrogen) atoms. The minimum absolute atomic E-state index is 0.328. The first kappa shape index (κ1) is 9.44. The SMILES string of the molecule is CCC(C)(CBr)COC. The van der Waals surface area contributed by atoms with Gasteiger partial charge in [0.2, 0.25) is 0 Å². The Morgan fingerprint density at radius 2 is 2.11 bits per heavy atom. The van der Waals surface area contributed by atoms with Gasteiger partial charge in [-0.1, -0.05) is 29.8 Å². The van der Waals surface area contributed by atoms with Crippen LogP contribution in [0.15, 0.2) is 0 Å². The molecule has 0 aliphatic heterocycles. The molecule has 0 saturated carbocycles. The zero-order valence-corrected chi connectivity index (χ0v) is 7.99. The second-order valence-electron chi connectivity index (χ2n) is 2.73. The zero-order valence-electron chi connectivity index (χ0n) is 6.41. The van der Waals surface area contributed by atoms with Crippen LogP contribution < -0.4 is 0 Å². The third kappa shape index (κ3) is 3.21. The van der Waals surface area contributed by atoms with Gasteiger partial charge in [-0.05, 0) is 6.42 Å². The molecule has 0 N–H and O–H groups in total. The number of halogens is 1. The molecule has 0 radical (unpaired) electrons. The van der Waals surface area contributed by atoms with E-state index >= 15 is 0 Å². The van der Waals surface area contributed by atoms with E-state index in [4.69, 9.17) is 4.74 Å². The van der Waals surface area contributed by atoms with Crippen molar-refractivity contribution in [2.45, 2.75) is 20.3 Å². The Hall–Kier alpha value is 0.440. The standard InChI is InChI=1S/C7H15BrO/c1-4-7(2,5-8)6-9-3/h4-6H2,1-3H3. The summed E-state index contributed by atoms with van der Waals surface area (Å²) in [5.74, 6) is 0. The van der Waals surface area contributed by atoms with Crippen molar-refractivity contribution >= 4 is 15.9 Å². The van der Waals surface area contributed by atoms with E-state index in [-0.39, 0.29) is 0 Å². The summed E-state index contributed by atoms with van der Waals surface area (Å²) in [5, 5.41) is 1.02. The highest BCUT2D eigenvalue weighted by atomic mass is 79.9. The van der Waals surface area contributed by atoms with Gasteiger partial charge in [0.1, 0.15) is 0 Å². The van der Waals surface area contributed by atoms with Crippen LogP contribution in [0.5, 0.6) is 0 Å². The Kier molecular flexibility index (Phi) is 4.50. The molecule has 0 heterocycles. The Morgan fingerprint density at radius 1 is 1.56 bits per heavy atom. The maximum absolute atomic E-state index is 5.06. The summed E-state index contributed by atoms with van der Waals surface area (Å²) in [7, 11) is 1.75. The lowest BCUT2D eigenvalue weighted by Gasteiger charge is -2.23. The lowest BCUT2D eigenvalue weighted by Crippen LogP contribution is -2.23. The fraction of sp³-hybridized carbons (Fsp3) is 1.00. The summed E-state index contributed by atoms with van der Waals surface area (Å²) in [6.45, 7) is 5.24. The van der Waals surface area contributed by atoms with E-state index in [1.807, 2.05) is 0 Å². The molecular formula is C7H15BrO. The molecule has 0 saturated heterocycles. The first-order valence-corrected chi connectivity index (χ1v) is 4.35. The van der Waals surface area contributed by atoms with E-state index < -0.39 is 0 Å². The van der Waals surface area contributed by atoms with Crippen molar-refractivity contribution in [2.75, 3.05) is 19.0 Å². The number of rotatable bonds is 4. The monoisotopic (exact) mass is 194 g/mol. The van der Waals surface area contributed by atoms with E-state index in [9.17, 15) is 0 Å². The highest BCUT2D eigenvalue weighted by Gasteiger charge is 2.19. The van der Waals surface area contributed by atoms with Crippen molar-refractivity contribution < 1.29 is 4.74 Å². The number of alkyl halides is 1. The molecule has 2 heteroatoms. The molecule has 0 fully saturated rings. The molecule has 0 aliphatic rings. The van der Waals surface area contributed by atoms with Gasteiger partial charge in [0, 0.05) is 17.9 Å². The Balaban J connectivity index is 3.62. The van der Waals surface area contributed by atoms with E-state index in [1.165, 1.54) is 0 Å². The average Bonchev–Trinajstić information content (AvgIpc) is 1.89. The molecular weight excluding hydrogens is 180 g/mol. The van der Waals surface area contributed by atoms with Crippen LogP contribution in [0, 0.1) is 5.41 Å². The average molecular weight is 195 g/mol. The summed E-state index contributed by atoms with van der Waals surface area (Å²) in [5.41, 5.74) is 0.328. The molecule has 0 aromatic rings. The normalized spacial score (nSPS) is 17.3. The van der Waals surface area contributed by atoms with Crippen molar-refractivity contribution in [3.63, 3.8) is 0 Å². The van der Waals surface area contributed by atoms with Gasteiger partial charge in [0.05, 0.1) is 6.61 Å². The molecule has 1 nitrogen and oxygen atoms in total. The molecule has 0 bridgehead atoms. The second kappa shape index (κ2) is 4.29. The first-order chi connectivity index (χ1) is 4.18. The maximum Gasteiger partial charge on any atom is 0.0523 e. The van der Waals surface area contributed by atoms with Crippen LogP contribution in [-0.4, -0.2) is 19.0 Å². The van der Waals surface area contributed by atoms with Crippen LogP contribution in [0.2, 0.25) is 0 Å². The van der Waals surface area contributed by atoms with E-state index in [0.29, 0.717) is 5.41 Å². The summed E-state index contributed by atoms with van der Waals surface area (Å²) >= 11 is 3.45. The summed E-state index contributed by atoms with van der Waals surface area (Å²) < 4.78 is 5.06. The predicted molar refractivity (Wildman–Crippen MR) is 44.1 cm³/mol. The third-order valence-corrected chi connectivity index (χ3v) is 3.02. The number of hydrogen-bond acceptors (Lipinski definition) is 1. The fourth-order valence-corrected chi connectivity index (χ4v) is 1.14. The van der Waals surface area contributed by atoms with Gasteiger partial charge in [0.25, 0.3) is 0 Å².